The van der Waals surface area contributed by atoms with E-state index in [0.29, 0.717) is 5.75 Å². The zero-order valence-electron chi connectivity index (χ0n) is 13.6. The smallest absolute Gasteiger partial charge is 0.231 e. The van der Waals surface area contributed by atoms with Crippen LogP contribution in [0.15, 0.2) is 16.7 Å². The van der Waals surface area contributed by atoms with E-state index < -0.39 is 0 Å². The van der Waals surface area contributed by atoms with Crippen molar-refractivity contribution >= 4 is 0 Å². The number of fused-ring (bicyclic) bond motifs is 2. The lowest BCUT2D eigenvalue weighted by Gasteiger charge is -2.35. The van der Waals surface area contributed by atoms with Gasteiger partial charge in [-0.25, -0.2) is 0 Å². The quantitative estimate of drug-likeness (QED) is 0.867. The number of ether oxygens (including phenoxy) is 3. The highest BCUT2D eigenvalue weighted by atomic mass is 16.7. The lowest BCUT2D eigenvalue weighted by molar-refractivity contribution is 0.170. The molecular formula is C17H20N2O4. The van der Waals surface area contributed by atoms with Crippen LogP contribution in [-0.4, -0.2) is 37.6 Å². The summed E-state index contributed by atoms with van der Waals surface area (Å²) in [6, 6.07) is 4.25. The van der Waals surface area contributed by atoms with Crippen LogP contribution in [0.5, 0.6) is 17.2 Å². The van der Waals surface area contributed by atoms with Crippen molar-refractivity contribution in [2.24, 2.45) is 0 Å². The Balaban J connectivity index is 1.80. The SMILES string of the molecule is COc1c2c(cc3c1[C@H](Cc1cc(C)on1)N(C)CC3)OCO2. The molecule has 0 saturated heterocycles. The maximum absolute atomic E-state index is 5.70. The van der Waals surface area contributed by atoms with Gasteiger partial charge in [0, 0.05) is 30.6 Å². The second-order valence-corrected chi connectivity index (χ2v) is 6.10. The number of likely N-dealkylation sites (N-methyl/N-ethyl adjacent to an activating group) is 1. The second kappa shape index (κ2) is 5.45. The fourth-order valence-corrected chi connectivity index (χ4v) is 3.50. The molecule has 0 radical (unpaired) electrons. The molecule has 6 heteroatoms. The molecule has 2 aliphatic rings. The lowest BCUT2D eigenvalue weighted by atomic mass is 9.88. The highest BCUT2D eigenvalue weighted by molar-refractivity contribution is 5.61. The van der Waals surface area contributed by atoms with Crippen molar-refractivity contribution in [3.63, 3.8) is 0 Å². The van der Waals surface area contributed by atoms with Gasteiger partial charge in [-0.2, -0.15) is 0 Å². The van der Waals surface area contributed by atoms with Crippen molar-refractivity contribution in [3.05, 3.63) is 34.7 Å². The van der Waals surface area contributed by atoms with Crippen LogP contribution >= 0.6 is 0 Å². The Hall–Kier alpha value is -2.21. The fraction of sp³-hybridized carbons (Fsp3) is 0.471. The minimum absolute atomic E-state index is 0.174. The first-order valence-electron chi connectivity index (χ1n) is 7.79. The molecule has 0 amide bonds. The Bertz CT molecular complexity index is 740. The summed E-state index contributed by atoms with van der Waals surface area (Å²) in [4.78, 5) is 2.33. The summed E-state index contributed by atoms with van der Waals surface area (Å²) in [6.07, 6.45) is 1.74. The van der Waals surface area contributed by atoms with Crippen LogP contribution in [-0.2, 0) is 12.8 Å². The fourth-order valence-electron chi connectivity index (χ4n) is 3.50. The second-order valence-electron chi connectivity index (χ2n) is 6.10. The van der Waals surface area contributed by atoms with Crippen molar-refractivity contribution in [2.75, 3.05) is 27.5 Å². The summed E-state index contributed by atoms with van der Waals surface area (Å²) < 4.78 is 22.1. The molecule has 0 aliphatic carbocycles. The minimum Gasteiger partial charge on any atom is -0.492 e. The first-order valence-corrected chi connectivity index (χ1v) is 7.79. The van der Waals surface area contributed by atoms with E-state index in [1.807, 2.05) is 13.0 Å². The minimum atomic E-state index is 0.174. The molecule has 1 aromatic carbocycles. The van der Waals surface area contributed by atoms with E-state index in [0.717, 1.165) is 42.3 Å². The largest absolute Gasteiger partial charge is 0.492 e. The highest BCUT2D eigenvalue weighted by Crippen LogP contribution is 2.49. The number of aromatic nitrogens is 1. The number of rotatable bonds is 3. The zero-order valence-corrected chi connectivity index (χ0v) is 13.6. The molecule has 122 valence electrons. The molecule has 0 N–H and O–H groups in total. The summed E-state index contributed by atoms with van der Waals surface area (Å²) in [6.45, 7) is 3.14. The van der Waals surface area contributed by atoms with E-state index in [1.165, 1.54) is 11.1 Å². The topological polar surface area (TPSA) is 57.0 Å². The van der Waals surface area contributed by atoms with Crippen LogP contribution in [0, 0.1) is 6.92 Å². The molecule has 1 aromatic heterocycles. The van der Waals surface area contributed by atoms with Gasteiger partial charge < -0.3 is 18.7 Å². The molecule has 0 saturated carbocycles. The monoisotopic (exact) mass is 316 g/mol. The third kappa shape index (κ3) is 2.34. The molecular weight excluding hydrogens is 296 g/mol. The number of benzene rings is 1. The van der Waals surface area contributed by atoms with Crippen molar-refractivity contribution in [1.29, 1.82) is 0 Å². The summed E-state index contributed by atoms with van der Waals surface area (Å²) >= 11 is 0. The maximum atomic E-state index is 5.70. The van der Waals surface area contributed by atoms with Gasteiger partial charge in [-0.05, 0) is 32.0 Å². The molecule has 0 bridgehead atoms. The van der Waals surface area contributed by atoms with Gasteiger partial charge in [-0.3, -0.25) is 4.90 Å². The predicted molar refractivity (Wildman–Crippen MR) is 83.1 cm³/mol. The van der Waals surface area contributed by atoms with Gasteiger partial charge in [-0.15, -0.1) is 0 Å². The predicted octanol–water partition coefficient (Wildman–Crippen LogP) is 2.49. The van der Waals surface area contributed by atoms with Crippen molar-refractivity contribution in [1.82, 2.24) is 10.1 Å². The van der Waals surface area contributed by atoms with Gasteiger partial charge in [-0.1, -0.05) is 5.16 Å². The molecule has 0 spiro atoms. The molecule has 23 heavy (non-hydrogen) atoms. The van der Waals surface area contributed by atoms with E-state index in [-0.39, 0.29) is 12.8 Å². The van der Waals surface area contributed by atoms with Crippen LogP contribution < -0.4 is 14.2 Å². The van der Waals surface area contributed by atoms with Crippen LogP contribution in [0.25, 0.3) is 0 Å². The number of hydrogen-bond donors (Lipinski definition) is 0. The number of hydrogen-bond acceptors (Lipinski definition) is 6. The number of nitrogens with zero attached hydrogens (tertiary/aromatic N) is 2. The average molecular weight is 316 g/mol. The normalized spacial score (nSPS) is 19.7. The number of aryl methyl sites for hydroxylation is 1. The average Bonchev–Trinajstić information content (AvgIpc) is 3.16. The van der Waals surface area contributed by atoms with E-state index in [4.69, 9.17) is 18.7 Å². The van der Waals surface area contributed by atoms with E-state index in [1.54, 1.807) is 7.11 Å². The molecule has 3 heterocycles. The Morgan fingerprint density at radius 1 is 1.35 bits per heavy atom. The van der Waals surface area contributed by atoms with Crippen LogP contribution in [0.1, 0.15) is 28.6 Å². The molecule has 4 rings (SSSR count). The first kappa shape index (κ1) is 14.4. The summed E-state index contributed by atoms with van der Waals surface area (Å²) in [5, 5.41) is 4.15. The number of methoxy groups -OCH3 is 1. The van der Waals surface area contributed by atoms with Gasteiger partial charge in [0.1, 0.15) is 5.76 Å². The van der Waals surface area contributed by atoms with Crippen molar-refractivity contribution in [3.8, 4) is 17.2 Å². The lowest BCUT2D eigenvalue weighted by Crippen LogP contribution is -2.34. The zero-order chi connectivity index (χ0) is 16.0. The Labute approximate surface area is 134 Å². The third-order valence-corrected chi connectivity index (χ3v) is 4.63. The van der Waals surface area contributed by atoms with E-state index >= 15 is 0 Å². The van der Waals surface area contributed by atoms with Gasteiger partial charge in [0.05, 0.1) is 12.8 Å². The maximum Gasteiger partial charge on any atom is 0.231 e. The van der Waals surface area contributed by atoms with Gasteiger partial charge in [0.15, 0.2) is 11.5 Å². The van der Waals surface area contributed by atoms with Crippen LogP contribution in [0.4, 0.5) is 0 Å². The summed E-state index contributed by atoms with van der Waals surface area (Å²) in [5.41, 5.74) is 3.38. The Morgan fingerprint density at radius 2 is 2.22 bits per heavy atom. The Kier molecular flexibility index (Phi) is 3.41. The molecule has 0 fully saturated rings. The molecule has 1 atom stereocenters. The van der Waals surface area contributed by atoms with Crippen molar-refractivity contribution < 1.29 is 18.7 Å². The molecule has 0 unspecified atom stereocenters. The van der Waals surface area contributed by atoms with Crippen LogP contribution in [0.3, 0.4) is 0 Å². The summed E-state index contributed by atoms with van der Waals surface area (Å²) in [5.74, 6) is 3.10. The summed E-state index contributed by atoms with van der Waals surface area (Å²) in [7, 11) is 3.81. The molecule has 6 nitrogen and oxygen atoms in total. The van der Waals surface area contributed by atoms with Gasteiger partial charge in [0.25, 0.3) is 0 Å². The van der Waals surface area contributed by atoms with E-state index in [9.17, 15) is 0 Å². The van der Waals surface area contributed by atoms with Crippen molar-refractivity contribution in [2.45, 2.75) is 25.8 Å². The van der Waals surface area contributed by atoms with Crippen LogP contribution in [0.2, 0.25) is 0 Å². The first-order chi connectivity index (χ1) is 11.2. The Morgan fingerprint density at radius 3 is 2.96 bits per heavy atom. The molecule has 2 aromatic rings. The molecule has 2 aliphatic heterocycles. The van der Waals surface area contributed by atoms with E-state index in [2.05, 4.69) is 23.2 Å². The van der Waals surface area contributed by atoms with Gasteiger partial charge in [0.2, 0.25) is 12.5 Å². The van der Waals surface area contributed by atoms with Gasteiger partial charge >= 0.3 is 0 Å². The standard InChI is InChI=1S/C17H20N2O4/c1-10-6-12(18-23-10)8-13-15-11(4-5-19(13)2)7-14-16(17(15)20-3)22-9-21-14/h6-7,13H,4-5,8-9H2,1-3H3/t13-/m0/s1. The highest BCUT2D eigenvalue weighted by Gasteiger charge is 2.34. The third-order valence-electron chi connectivity index (χ3n) is 4.63.